The van der Waals surface area contributed by atoms with Crippen molar-refractivity contribution in [1.29, 1.82) is 0 Å². The van der Waals surface area contributed by atoms with Gasteiger partial charge >= 0.3 is 23.6 Å². The molecule has 2 atom stereocenters. The van der Waals surface area contributed by atoms with E-state index >= 15 is 0 Å². The Morgan fingerprint density at radius 2 is 1.29 bits per heavy atom. The van der Waals surface area contributed by atoms with Crippen molar-refractivity contribution in [2.45, 2.75) is 77.7 Å². The molecule has 2 aliphatic heterocycles. The van der Waals surface area contributed by atoms with Gasteiger partial charge in [-0.05, 0) is 90.8 Å². The number of hydrogen-bond acceptors (Lipinski definition) is 12. The van der Waals surface area contributed by atoms with E-state index in [0.717, 1.165) is 21.9 Å². The summed E-state index contributed by atoms with van der Waals surface area (Å²) in [5.74, 6) is 0. The van der Waals surface area contributed by atoms with E-state index in [2.05, 4.69) is 47.1 Å². The molecule has 55 heavy (non-hydrogen) atoms. The zero-order valence-electron chi connectivity index (χ0n) is 31.2. The SMILES string of the molecule is CC(C)(C)OC(=O)N1CC[C@@H](N)C1.CC(C)(C)OC(=O)N1CC[C@@H](Nc2c([N+](=O)[O-])cnc3ccc(Br)cc23)C1.O=[N+]([O-])c1cnc2ccc(Br)cc2c1Cl. The molecule has 2 fully saturated rings. The summed E-state index contributed by atoms with van der Waals surface area (Å²) in [4.78, 5) is 56.2. The first kappa shape index (κ1) is 43.3. The molecule has 4 heterocycles. The molecule has 3 N–H and O–H groups in total. The third kappa shape index (κ3) is 12.3. The predicted molar refractivity (Wildman–Crippen MR) is 217 cm³/mol. The third-order valence-electron chi connectivity index (χ3n) is 8.01. The maximum Gasteiger partial charge on any atom is 0.410 e. The van der Waals surface area contributed by atoms with E-state index in [1.54, 1.807) is 40.1 Å². The standard InChI is InChI=1S/C18H21BrN4O4.C9H4BrClN2O2.C9H18N2O2/c1-18(2,3)27-17(24)22-7-6-12(10-22)21-16-13-8-11(19)4-5-14(13)20-9-15(16)23(25)26;10-5-1-2-7-6(3-5)9(11)8(4-12-7)13(14)15;1-9(2,3)13-8(12)11-5-4-7(10)6-11/h4-5,8-9,12H,6-7,10H2,1-3H3,(H,20,21);1-4H;7H,4-6,10H2,1-3H3/t12-;;7-/m1.1/s1. The molecule has 16 nitrogen and oxygen atoms in total. The fourth-order valence-corrected chi connectivity index (χ4v) is 6.54. The molecule has 296 valence electrons. The van der Waals surface area contributed by atoms with Gasteiger partial charge in [0.25, 0.3) is 0 Å². The first-order valence-corrected chi connectivity index (χ1v) is 19.2. The summed E-state index contributed by atoms with van der Waals surface area (Å²) in [6.07, 6.45) is 3.36. The van der Waals surface area contributed by atoms with Gasteiger partial charge in [0.15, 0.2) is 0 Å². The first-order chi connectivity index (χ1) is 25.6. The maximum absolute atomic E-state index is 12.2. The van der Waals surface area contributed by atoms with Gasteiger partial charge in [0.1, 0.15) is 34.3 Å². The predicted octanol–water partition coefficient (Wildman–Crippen LogP) is 8.84. The lowest BCUT2D eigenvalue weighted by atomic mass is 10.1. The number of ether oxygens (including phenoxy) is 2. The van der Waals surface area contributed by atoms with E-state index in [9.17, 15) is 29.8 Å². The van der Waals surface area contributed by atoms with Crippen LogP contribution in [0.5, 0.6) is 0 Å². The van der Waals surface area contributed by atoms with Crippen LogP contribution in [0.3, 0.4) is 0 Å². The van der Waals surface area contributed by atoms with E-state index in [0.29, 0.717) is 53.5 Å². The van der Waals surface area contributed by atoms with Crippen molar-refractivity contribution < 1.29 is 28.9 Å². The van der Waals surface area contributed by atoms with Crippen LogP contribution in [0.15, 0.2) is 57.7 Å². The molecule has 4 aromatic rings. The fourth-order valence-electron chi connectivity index (χ4n) is 5.55. The number of benzene rings is 2. The van der Waals surface area contributed by atoms with Crippen molar-refractivity contribution in [3.63, 3.8) is 0 Å². The molecule has 0 saturated carbocycles. The monoisotopic (exact) mass is 908 g/mol. The van der Waals surface area contributed by atoms with E-state index in [4.69, 9.17) is 26.8 Å². The Balaban J connectivity index is 0.000000202. The minimum atomic E-state index is -0.561. The number of hydrogen-bond donors (Lipinski definition) is 2. The van der Waals surface area contributed by atoms with Gasteiger partial charge in [0, 0.05) is 58.0 Å². The quantitative estimate of drug-likeness (QED) is 0.145. The lowest BCUT2D eigenvalue weighted by Crippen LogP contribution is -2.36. The van der Waals surface area contributed by atoms with Gasteiger partial charge in [0.2, 0.25) is 0 Å². The van der Waals surface area contributed by atoms with Crippen molar-refractivity contribution in [1.82, 2.24) is 19.8 Å². The number of carbonyl (C=O) groups is 2. The molecule has 2 aromatic carbocycles. The average molecular weight is 911 g/mol. The molecule has 2 saturated heterocycles. The highest BCUT2D eigenvalue weighted by Crippen LogP contribution is 2.35. The van der Waals surface area contributed by atoms with Crippen molar-refractivity contribution in [2.24, 2.45) is 5.73 Å². The maximum atomic E-state index is 12.2. The number of nitrogens with zero attached hydrogens (tertiary/aromatic N) is 6. The van der Waals surface area contributed by atoms with Crippen LogP contribution in [0.1, 0.15) is 54.4 Å². The summed E-state index contributed by atoms with van der Waals surface area (Å²) in [5, 5.41) is 26.7. The van der Waals surface area contributed by atoms with Gasteiger partial charge in [0.05, 0.1) is 20.9 Å². The van der Waals surface area contributed by atoms with E-state index in [-0.39, 0.29) is 40.7 Å². The number of likely N-dealkylation sites (tertiary alicyclic amines) is 2. The smallest absolute Gasteiger partial charge is 0.410 e. The number of halogens is 3. The summed E-state index contributed by atoms with van der Waals surface area (Å²) in [6.45, 7) is 13.3. The molecule has 0 radical (unpaired) electrons. The molecule has 2 aromatic heterocycles. The number of carbonyl (C=O) groups excluding carboxylic acids is 2. The highest BCUT2D eigenvalue weighted by molar-refractivity contribution is 9.10. The van der Waals surface area contributed by atoms with Crippen LogP contribution < -0.4 is 11.1 Å². The van der Waals surface area contributed by atoms with Crippen LogP contribution >= 0.6 is 43.5 Å². The third-order valence-corrected chi connectivity index (χ3v) is 9.40. The Hall–Kier alpha value is -4.39. The zero-order chi connectivity index (χ0) is 40.8. The van der Waals surface area contributed by atoms with Gasteiger partial charge < -0.3 is 30.3 Å². The van der Waals surface area contributed by atoms with Crippen LogP contribution in [0, 0.1) is 20.2 Å². The number of amides is 2. The molecule has 0 aliphatic carbocycles. The fraction of sp³-hybridized carbons (Fsp3) is 0.444. The van der Waals surface area contributed by atoms with Gasteiger partial charge in [-0.25, -0.2) is 19.6 Å². The second-order valence-electron chi connectivity index (χ2n) is 14.8. The number of nitrogens with one attached hydrogen (secondary N) is 1. The van der Waals surface area contributed by atoms with Gasteiger partial charge in [-0.15, -0.1) is 0 Å². The zero-order valence-corrected chi connectivity index (χ0v) is 35.1. The summed E-state index contributed by atoms with van der Waals surface area (Å²) < 4.78 is 12.2. The van der Waals surface area contributed by atoms with Crippen molar-refractivity contribution in [2.75, 3.05) is 31.5 Å². The molecule has 2 amide bonds. The lowest BCUT2D eigenvalue weighted by Gasteiger charge is -2.24. The highest BCUT2D eigenvalue weighted by atomic mass is 79.9. The molecule has 0 bridgehead atoms. The molecule has 0 unspecified atom stereocenters. The summed E-state index contributed by atoms with van der Waals surface area (Å²) in [5.41, 5.74) is 6.15. The van der Waals surface area contributed by atoms with Crippen molar-refractivity contribution >= 4 is 94.5 Å². The lowest BCUT2D eigenvalue weighted by molar-refractivity contribution is -0.384. The van der Waals surface area contributed by atoms with Crippen molar-refractivity contribution in [3.05, 3.63) is 83.0 Å². The topological polar surface area (TPSA) is 209 Å². The largest absolute Gasteiger partial charge is 0.444 e. The van der Waals surface area contributed by atoms with E-state index in [1.165, 1.54) is 12.4 Å². The van der Waals surface area contributed by atoms with Crippen LogP contribution in [-0.2, 0) is 9.47 Å². The Bertz CT molecular complexity index is 2080. The number of pyridine rings is 2. The first-order valence-electron chi connectivity index (χ1n) is 17.2. The summed E-state index contributed by atoms with van der Waals surface area (Å²) in [7, 11) is 0. The Kier molecular flexibility index (Phi) is 14.2. The molecule has 2 aliphatic rings. The molecule has 6 rings (SSSR count). The highest BCUT2D eigenvalue weighted by Gasteiger charge is 2.32. The van der Waals surface area contributed by atoms with Gasteiger partial charge in [-0.3, -0.25) is 20.2 Å². The second kappa shape index (κ2) is 18.0. The number of anilines is 1. The molecule has 19 heteroatoms. The van der Waals surface area contributed by atoms with E-state index < -0.39 is 21.0 Å². The molecule has 0 spiro atoms. The Labute approximate surface area is 339 Å². The normalized spacial score (nSPS) is 16.8. The Morgan fingerprint density at radius 3 is 1.78 bits per heavy atom. The van der Waals surface area contributed by atoms with Crippen molar-refractivity contribution in [3.8, 4) is 0 Å². The Morgan fingerprint density at radius 1 is 0.818 bits per heavy atom. The number of nitrogens with two attached hydrogens (primary N) is 1. The van der Waals surface area contributed by atoms with E-state index in [1.807, 2.05) is 47.6 Å². The number of nitro groups is 2. The minimum absolute atomic E-state index is 0.0867. The van der Waals surface area contributed by atoms with Crippen LogP contribution in [0.2, 0.25) is 5.02 Å². The second-order valence-corrected chi connectivity index (χ2v) is 17.1. The number of rotatable bonds is 4. The number of fused-ring (bicyclic) bond motifs is 2. The molecular formula is C36H43Br2ClN8O8. The van der Waals surface area contributed by atoms with Gasteiger partial charge in [-0.1, -0.05) is 43.5 Å². The number of aromatic nitrogens is 2. The minimum Gasteiger partial charge on any atom is -0.444 e. The van der Waals surface area contributed by atoms with Crippen LogP contribution in [-0.4, -0.2) is 91.3 Å². The summed E-state index contributed by atoms with van der Waals surface area (Å²) >= 11 is 12.6. The van der Waals surface area contributed by atoms with Crippen LogP contribution in [0.4, 0.5) is 26.7 Å². The van der Waals surface area contributed by atoms with Gasteiger partial charge in [-0.2, -0.15) is 0 Å². The van der Waals surface area contributed by atoms with Crippen LogP contribution in [0.25, 0.3) is 21.8 Å². The summed E-state index contributed by atoms with van der Waals surface area (Å²) in [6, 6.07) is 10.7. The molecular weight excluding hydrogens is 868 g/mol. The average Bonchev–Trinajstić information content (AvgIpc) is 3.74.